The van der Waals surface area contributed by atoms with Crippen LogP contribution in [-0.2, 0) is 12.8 Å². The van der Waals surface area contributed by atoms with Crippen molar-refractivity contribution in [2.75, 3.05) is 11.5 Å². The Morgan fingerprint density at radius 1 is 1.23 bits per heavy atom. The van der Waals surface area contributed by atoms with Crippen LogP contribution in [0.15, 0.2) is 0 Å². The molecule has 0 radical (unpaired) electrons. The molecule has 1 aromatic heterocycles. The number of hydrogen-bond donors (Lipinski definition) is 3. The number of aryl methyl sites for hydroxylation is 1. The summed E-state index contributed by atoms with van der Waals surface area (Å²) in [6, 6.07) is 0.182. The molecule has 5 heteroatoms. The number of rotatable bonds is 0. The fraction of sp³-hybridized carbons (Fsp3) is 0.500. The molecular formula is C8H13N5. The molecule has 0 unspecified atom stereocenters. The van der Waals surface area contributed by atoms with Crippen molar-refractivity contribution in [3.05, 3.63) is 11.3 Å². The van der Waals surface area contributed by atoms with E-state index in [4.69, 9.17) is 17.2 Å². The van der Waals surface area contributed by atoms with E-state index in [9.17, 15) is 0 Å². The first-order valence-corrected chi connectivity index (χ1v) is 4.33. The molecule has 0 amide bonds. The minimum absolute atomic E-state index is 0.182. The molecule has 0 fully saturated rings. The van der Waals surface area contributed by atoms with Gasteiger partial charge in [-0.05, 0) is 19.3 Å². The molecule has 1 aliphatic carbocycles. The quantitative estimate of drug-likeness (QED) is 0.496. The van der Waals surface area contributed by atoms with Crippen LogP contribution in [-0.4, -0.2) is 16.0 Å². The number of nitrogens with two attached hydrogens (primary N) is 3. The summed E-state index contributed by atoms with van der Waals surface area (Å²) in [4.78, 5) is 8.05. The van der Waals surface area contributed by atoms with Crippen molar-refractivity contribution < 1.29 is 0 Å². The van der Waals surface area contributed by atoms with Gasteiger partial charge in [0.25, 0.3) is 0 Å². The van der Waals surface area contributed by atoms with Crippen molar-refractivity contribution in [2.24, 2.45) is 5.73 Å². The Labute approximate surface area is 76.3 Å². The van der Waals surface area contributed by atoms with Gasteiger partial charge < -0.3 is 17.2 Å². The number of nitrogen functional groups attached to an aromatic ring is 2. The van der Waals surface area contributed by atoms with E-state index in [1.165, 1.54) is 0 Å². The summed E-state index contributed by atoms with van der Waals surface area (Å²) in [7, 11) is 0. The molecule has 0 saturated carbocycles. The van der Waals surface area contributed by atoms with Crippen LogP contribution in [0.1, 0.15) is 17.7 Å². The molecule has 0 saturated heterocycles. The predicted octanol–water partition coefficient (Wildman–Crippen LogP) is -0.543. The minimum Gasteiger partial charge on any atom is -0.383 e. The highest BCUT2D eigenvalue weighted by atomic mass is 15.0. The van der Waals surface area contributed by atoms with Crippen molar-refractivity contribution in [3.8, 4) is 0 Å². The highest BCUT2D eigenvalue weighted by Gasteiger charge is 2.19. The largest absolute Gasteiger partial charge is 0.383 e. The Kier molecular flexibility index (Phi) is 1.81. The monoisotopic (exact) mass is 179 g/mol. The summed E-state index contributed by atoms with van der Waals surface area (Å²) in [6.07, 6.45) is 2.57. The van der Waals surface area contributed by atoms with E-state index in [0.717, 1.165) is 30.5 Å². The summed E-state index contributed by atoms with van der Waals surface area (Å²) in [5.41, 5.74) is 19.0. The number of aromatic nitrogens is 2. The van der Waals surface area contributed by atoms with Crippen LogP contribution in [0.4, 0.5) is 11.8 Å². The third kappa shape index (κ3) is 1.42. The summed E-state index contributed by atoms with van der Waals surface area (Å²) in [5, 5.41) is 0. The molecule has 1 aromatic rings. The van der Waals surface area contributed by atoms with Crippen molar-refractivity contribution in [2.45, 2.75) is 25.3 Å². The molecule has 6 N–H and O–H groups in total. The topological polar surface area (TPSA) is 104 Å². The van der Waals surface area contributed by atoms with Crippen molar-refractivity contribution in [3.63, 3.8) is 0 Å². The van der Waals surface area contributed by atoms with Gasteiger partial charge in [0.1, 0.15) is 5.82 Å². The molecule has 13 heavy (non-hydrogen) atoms. The smallest absolute Gasteiger partial charge is 0.222 e. The lowest BCUT2D eigenvalue weighted by Crippen LogP contribution is -2.29. The first-order chi connectivity index (χ1) is 6.16. The van der Waals surface area contributed by atoms with Gasteiger partial charge >= 0.3 is 0 Å². The van der Waals surface area contributed by atoms with Crippen LogP contribution < -0.4 is 17.2 Å². The second-order valence-corrected chi connectivity index (χ2v) is 3.40. The zero-order chi connectivity index (χ0) is 9.42. The van der Waals surface area contributed by atoms with E-state index >= 15 is 0 Å². The van der Waals surface area contributed by atoms with Crippen molar-refractivity contribution in [1.29, 1.82) is 0 Å². The van der Waals surface area contributed by atoms with Gasteiger partial charge in [0, 0.05) is 11.6 Å². The van der Waals surface area contributed by atoms with E-state index in [2.05, 4.69) is 9.97 Å². The Morgan fingerprint density at radius 3 is 2.77 bits per heavy atom. The van der Waals surface area contributed by atoms with Crippen LogP contribution >= 0.6 is 0 Å². The van der Waals surface area contributed by atoms with E-state index < -0.39 is 0 Å². The van der Waals surface area contributed by atoms with E-state index in [0.29, 0.717) is 5.82 Å². The molecule has 1 heterocycles. The zero-order valence-electron chi connectivity index (χ0n) is 7.33. The number of fused-ring (bicyclic) bond motifs is 1. The standard InChI is InChI=1S/C8H13N5/c9-4-1-2-6-5(3-4)7(10)13-8(11)12-6/h4H,1-3,9H2,(H4,10,11,12,13)/t4-/m0/s1. The fourth-order valence-electron chi connectivity index (χ4n) is 1.69. The molecule has 0 spiro atoms. The SMILES string of the molecule is Nc1nc(N)c2c(n1)CC[C@H](N)C2. The van der Waals surface area contributed by atoms with E-state index in [1.807, 2.05) is 0 Å². The van der Waals surface area contributed by atoms with Crippen LogP contribution in [0.2, 0.25) is 0 Å². The Hall–Kier alpha value is -1.36. The van der Waals surface area contributed by atoms with Crippen LogP contribution in [0, 0.1) is 0 Å². The van der Waals surface area contributed by atoms with Gasteiger partial charge in [-0.3, -0.25) is 0 Å². The van der Waals surface area contributed by atoms with Gasteiger partial charge in [0.15, 0.2) is 0 Å². The summed E-state index contributed by atoms with van der Waals surface area (Å²) < 4.78 is 0. The molecule has 1 aliphatic rings. The lowest BCUT2D eigenvalue weighted by molar-refractivity contribution is 0.566. The Morgan fingerprint density at radius 2 is 2.00 bits per heavy atom. The average Bonchev–Trinajstić information content (AvgIpc) is 2.06. The summed E-state index contributed by atoms with van der Waals surface area (Å²) in [6.45, 7) is 0. The molecule has 0 aromatic carbocycles. The third-order valence-electron chi connectivity index (χ3n) is 2.36. The van der Waals surface area contributed by atoms with Gasteiger partial charge in [-0.2, -0.15) is 4.98 Å². The predicted molar refractivity (Wildman–Crippen MR) is 50.9 cm³/mol. The summed E-state index contributed by atoms with van der Waals surface area (Å²) >= 11 is 0. The second-order valence-electron chi connectivity index (χ2n) is 3.40. The van der Waals surface area contributed by atoms with E-state index in [1.54, 1.807) is 0 Å². The first-order valence-electron chi connectivity index (χ1n) is 4.33. The maximum atomic E-state index is 5.81. The second kappa shape index (κ2) is 2.85. The molecule has 1 atom stereocenters. The van der Waals surface area contributed by atoms with Gasteiger partial charge in [-0.15, -0.1) is 0 Å². The highest BCUT2D eigenvalue weighted by molar-refractivity contribution is 5.47. The van der Waals surface area contributed by atoms with Gasteiger partial charge in [-0.1, -0.05) is 0 Å². The molecule has 70 valence electrons. The highest BCUT2D eigenvalue weighted by Crippen LogP contribution is 2.23. The third-order valence-corrected chi connectivity index (χ3v) is 2.36. The van der Waals surface area contributed by atoms with Crippen LogP contribution in [0.25, 0.3) is 0 Å². The van der Waals surface area contributed by atoms with Crippen molar-refractivity contribution >= 4 is 11.8 Å². The van der Waals surface area contributed by atoms with Crippen molar-refractivity contribution in [1.82, 2.24) is 9.97 Å². The molecule has 0 aliphatic heterocycles. The minimum atomic E-state index is 0.182. The average molecular weight is 179 g/mol. The Balaban J connectivity index is 2.47. The zero-order valence-corrected chi connectivity index (χ0v) is 7.33. The van der Waals surface area contributed by atoms with Gasteiger partial charge in [-0.25, -0.2) is 4.98 Å². The number of hydrogen-bond acceptors (Lipinski definition) is 5. The molecule has 2 rings (SSSR count). The lowest BCUT2D eigenvalue weighted by atomic mass is 9.93. The van der Waals surface area contributed by atoms with E-state index in [-0.39, 0.29) is 12.0 Å². The first kappa shape index (κ1) is 8.25. The van der Waals surface area contributed by atoms with Gasteiger partial charge in [0.2, 0.25) is 5.95 Å². The maximum Gasteiger partial charge on any atom is 0.222 e. The molecule has 0 bridgehead atoms. The lowest BCUT2D eigenvalue weighted by Gasteiger charge is -2.21. The normalized spacial score (nSPS) is 21.2. The van der Waals surface area contributed by atoms with Crippen LogP contribution in [0.5, 0.6) is 0 Å². The number of anilines is 2. The summed E-state index contributed by atoms with van der Waals surface area (Å²) in [5.74, 6) is 0.740. The fourth-order valence-corrected chi connectivity index (χ4v) is 1.69. The Bertz CT molecular complexity index is 336. The number of nitrogens with zero attached hydrogens (tertiary/aromatic N) is 2. The molecular weight excluding hydrogens is 166 g/mol. The molecule has 5 nitrogen and oxygen atoms in total. The maximum absolute atomic E-state index is 5.81. The van der Waals surface area contributed by atoms with Gasteiger partial charge in [0.05, 0.1) is 5.69 Å². The van der Waals surface area contributed by atoms with Crippen LogP contribution in [0.3, 0.4) is 0 Å².